The quantitative estimate of drug-likeness (QED) is 0.626. The number of carbonyl (C=O) groups excluding carboxylic acids is 1. The molecule has 0 aliphatic rings. The van der Waals surface area contributed by atoms with E-state index in [-0.39, 0.29) is 17.3 Å². The lowest BCUT2D eigenvalue weighted by atomic mass is 10.2. The molecule has 0 aromatic heterocycles. The number of hydrogen-bond donors (Lipinski definition) is 2. The van der Waals surface area contributed by atoms with Gasteiger partial charge in [-0.2, -0.15) is 0 Å². The number of aromatic carboxylic acids is 1. The molecule has 0 bridgehead atoms. The first kappa shape index (κ1) is 19.8. The Labute approximate surface area is 168 Å². The van der Waals surface area contributed by atoms with E-state index < -0.39 is 5.97 Å². The highest BCUT2D eigenvalue weighted by molar-refractivity contribution is 6.02. The summed E-state index contributed by atoms with van der Waals surface area (Å²) >= 11 is 0. The molecular weight excluding hydrogens is 372 g/mol. The number of para-hydroxylation sites is 1. The second kappa shape index (κ2) is 8.79. The van der Waals surface area contributed by atoms with Gasteiger partial charge in [0.2, 0.25) is 0 Å². The number of nitrogens with one attached hydrogen (secondary N) is 1. The van der Waals surface area contributed by atoms with Crippen molar-refractivity contribution >= 4 is 23.4 Å². The third-order valence-electron chi connectivity index (χ3n) is 4.19. The molecule has 7 nitrogen and oxygen atoms in total. The number of methoxy groups -OCH3 is 1. The van der Waals surface area contributed by atoms with Crippen LogP contribution < -0.4 is 19.7 Å². The number of amides is 2. The average molecular weight is 392 g/mol. The minimum Gasteiger partial charge on any atom is -0.496 e. The molecule has 0 spiro atoms. The van der Waals surface area contributed by atoms with Crippen LogP contribution in [0.25, 0.3) is 0 Å². The number of nitrogens with zero attached hydrogens (tertiary/aromatic N) is 1. The Bertz CT molecular complexity index is 1000. The van der Waals surface area contributed by atoms with E-state index >= 15 is 0 Å². The lowest BCUT2D eigenvalue weighted by Gasteiger charge is -2.19. The number of anilines is 2. The van der Waals surface area contributed by atoms with Gasteiger partial charge in [0.05, 0.1) is 7.11 Å². The normalized spacial score (nSPS) is 10.1. The van der Waals surface area contributed by atoms with Crippen molar-refractivity contribution in [1.29, 1.82) is 0 Å². The first-order valence-electron chi connectivity index (χ1n) is 8.77. The number of carboxylic acids is 1. The van der Waals surface area contributed by atoms with Crippen molar-refractivity contribution in [3.05, 3.63) is 78.4 Å². The lowest BCUT2D eigenvalue weighted by Crippen LogP contribution is -2.31. The predicted octanol–water partition coefficient (Wildman–Crippen LogP) is 4.85. The van der Waals surface area contributed by atoms with Crippen LogP contribution >= 0.6 is 0 Å². The Morgan fingerprint density at radius 1 is 0.931 bits per heavy atom. The zero-order valence-electron chi connectivity index (χ0n) is 16.0. The lowest BCUT2D eigenvalue weighted by molar-refractivity contribution is 0.0693. The van der Waals surface area contributed by atoms with Crippen LogP contribution in [0.1, 0.15) is 10.4 Å². The number of carboxylic acid groups (broad SMARTS) is 1. The van der Waals surface area contributed by atoms with E-state index in [9.17, 15) is 9.59 Å². The monoisotopic (exact) mass is 392 g/mol. The summed E-state index contributed by atoms with van der Waals surface area (Å²) in [5.74, 6) is 0.447. The Morgan fingerprint density at radius 2 is 1.59 bits per heavy atom. The number of urea groups is 1. The van der Waals surface area contributed by atoms with Gasteiger partial charge in [0.15, 0.2) is 0 Å². The number of ether oxygens (including phenoxy) is 2. The van der Waals surface area contributed by atoms with E-state index in [1.54, 1.807) is 31.3 Å². The summed E-state index contributed by atoms with van der Waals surface area (Å²) in [6.07, 6.45) is 0. The van der Waals surface area contributed by atoms with Crippen LogP contribution in [0.2, 0.25) is 0 Å². The zero-order chi connectivity index (χ0) is 20.8. The summed E-state index contributed by atoms with van der Waals surface area (Å²) in [5, 5.41) is 11.9. The summed E-state index contributed by atoms with van der Waals surface area (Å²) in [6.45, 7) is 0. The average Bonchev–Trinajstić information content (AvgIpc) is 2.74. The van der Waals surface area contributed by atoms with Crippen LogP contribution in [0.5, 0.6) is 17.2 Å². The molecule has 29 heavy (non-hydrogen) atoms. The van der Waals surface area contributed by atoms with Crippen molar-refractivity contribution in [2.45, 2.75) is 0 Å². The highest BCUT2D eigenvalue weighted by Gasteiger charge is 2.15. The maximum atomic E-state index is 12.5. The minimum atomic E-state index is -1.10. The molecule has 0 atom stereocenters. The second-order valence-electron chi connectivity index (χ2n) is 6.12. The van der Waals surface area contributed by atoms with Crippen LogP contribution in [0.15, 0.2) is 72.8 Å². The van der Waals surface area contributed by atoms with E-state index in [2.05, 4.69) is 5.32 Å². The molecule has 0 heterocycles. The number of rotatable bonds is 6. The van der Waals surface area contributed by atoms with E-state index in [0.29, 0.717) is 17.1 Å². The van der Waals surface area contributed by atoms with Crippen LogP contribution in [0.3, 0.4) is 0 Å². The third-order valence-corrected chi connectivity index (χ3v) is 4.19. The third kappa shape index (κ3) is 4.84. The van der Waals surface area contributed by atoms with Gasteiger partial charge in [0.1, 0.15) is 22.8 Å². The highest BCUT2D eigenvalue weighted by atomic mass is 16.5. The van der Waals surface area contributed by atoms with E-state index in [0.717, 1.165) is 5.75 Å². The Kier molecular flexibility index (Phi) is 5.99. The van der Waals surface area contributed by atoms with E-state index in [4.69, 9.17) is 14.6 Å². The fraction of sp³-hybridized carbons (Fsp3) is 0.0909. The van der Waals surface area contributed by atoms with Crippen molar-refractivity contribution in [2.24, 2.45) is 0 Å². The second-order valence-corrected chi connectivity index (χ2v) is 6.12. The molecule has 0 unspecified atom stereocenters. The molecule has 3 rings (SSSR count). The molecule has 0 radical (unpaired) electrons. The topological polar surface area (TPSA) is 88.1 Å². The van der Waals surface area contributed by atoms with E-state index in [1.165, 1.54) is 30.2 Å². The predicted molar refractivity (Wildman–Crippen MR) is 110 cm³/mol. The van der Waals surface area contributed by atoms with Gasteiger partial charge < -0.3 is 19.9 Å². The fourth-order valence-electron chi connectivity index (χ4n) is 2.63. The summed E-state index contributed by atoms with van der Waals surface area (Å²) in [7, 11) is 3.00. The zero-order valence-corrected chi connectivity index (χ0v) is 16.0. The van der Waals surface area contributed by atoms with Gasteiger partial charge in [-0.05, 0) is 48.5 Å². The maximum absolute atomic E-state index is 12.5. The first-order chi connectivity index (χ1) is 14.0. The molecule has 2 amide bonds. The molecule has 3 aromatic rings. The number of benzene rings is 3. The maximum Gasteiger partial charge on any atom is 0.339 e. The molecule has 2 N–H and O–H groups in total. The molecule has 0 saturated carbocycles. The van der Waals surface area contributed by atoms with Crippen molar-refractivity contribution in [1.82, 2.24) is 0 Å². The van der Waals surface area contributed by atoms with Crippen LogP contribution in [0.4, 0.5) is 16.2 Å². The standard InChI is InChI=1S/C22H20N2O5/c1-24(16-9-11-18(12-10-16)29-17-6-4-3-5-7-17)22(27)23-15-8-13-19(21(25)26)20(14-15)28-2/h3-14H,1-2H3,(H,23,27)(H,25,26). The Morgan fingerprint density at radius 3 is 2.21 bits per heavy atom. The summed E-state index contributed by atoms with van der Waals surface area (Å²) in [6, 6.07) is 20.5. The molecule has 0 aliphatic heterocycles. The molecule has 0 aliphatic carbocycles. The van der Waals surface area contributed by atoms with Crippen molar-refractivity contribution < 1.29 is 24.2 Å². The molecule has 0 saturated heterocycles. The fourth-order valence-corrected chi connectivity index (χ4v) is 2.63. The van der Waals surface area contributed by atoms with Crippen LogP contribution in [0, 0.1) is 0 Å². The number of carbonyl (C=O) groups is 2. The molecule has 7 heteroatoms. The van der Waals surface area contributed by atoms with Crippen LogP contribution in [-0.4, -0.2) is 31.3 Å². The van der Waals surface area contributed by atoms with Gasteiger partial charge in [0.25, 0.3) is 0 Å². The van der Waals surface area contributed by atoms with Gasteiger partial charge in [-0.25, -0.2) is 9.59 Å². The molecular formula is C22H20N2O5. The summed E-state index contributed by atoms with van der Waals surface area (Å²) < 4.78 is 10.8. The van der Waals surface area contributed by atoms with Crippen LogP contribution in [-0.2, 0) is 0 Å². The first-order valence-corrected chi connectivity index (χ1v) is 8.77. The molecule has 0 fully saturated rings. The number of hydrogen-bond acceptors (Lipinski definition) is 4. The molecule has 148 valence electrons. The smallest absolute Gasteiger partial charge is 0.339 e. The van der Waals surface area contributed by atoms with Crippen molar-refractivity contribution in [3.8, 4) is 17.2 Å². The van der Waals surface area contributed by atoms with Gasteiger partial charge in [-0.15, -0.1) is 0 Å². The van der Waals surface area contributed by atoms with Crippen molar-refractivity contribution in [2.75, 3.05) is 24.4 Å². The van der Waals surface area contributed by atoms with Crippen molar-refractivity contribution in [3.63, 3.8) is 0 Å². The van der Waals surface area contributed by atoms with Gasteiger partial charge in [-0.3, -0.25) is 4.90 Å². The summed E-state index contributed by atoms with van der Waals surface area (Å²) in [5.41, 5.74) is 1.11. The SMILES string of the molecule is COc1cc(NC(=O)N(C)c2ccc(Oc3ccccc3)cc2)ccc1C(=O)O. The summed E-state index contributed by atoms with van der Waals surface area (Å²) in [4.78, 5) is 25.1. The Balaban J connectivity index is 1.67. The minimum absolute atomic E-state index is 0.0212. The Hall–Kier alpha value is -4.00. The molecule has 3 aromatic carbocycles. The van der Waals surface area contributed by atoms with Gasteiger partial charge in [0, 0.05) is 24.5 Å². The highest BCUT2D eigenvalue weighted by Crippen LogP contribution is 2.26. The van der Waals surface area contributed by atoms with Gasteiger partial charge >= 0.3 is 12.0 Å². The largest absolute Gasteiger partial charge is 0.496 e. The van der Waals surface area contributed by atoms with Gasteiger partial charge in [-0.1, -0.05) is 18.2 Å². The van der Waals surface area contributed by atoms with E-state index in [1.807, 2.05) is 30.3 Å².